The first kappa shape index (κ1) is 33.9. The summed E-state index contributed by atoms with van der Waals surface area (Å²) in [5.74, 6) is 0.0275. The normalized spacial score (nSPS) is 23.4. The Morgan fingerprint density at radius 2 is 1.80 bits per heavy atom. The van der Waals surface area contributed by atoms with Crippen LogP contribution in [0.5, 0.6) is 0 Å². The number of hydrogen-bond donors (Lipinski definition) is 1. The Balaban J connectivity index is 2.01. The third-order valence-corrected chi connectivity index (χ3v) is 14.3. The number of halogens is 2. The van der Waals surface area contributed by atoms with Crippen LogP contribution in [0.25, 0.3) is 0 Å². The molecule has 0 bridgehead atoms. The van der Waals surface area contributed by atoms with Gasteiger partial charge in [0.25, 0.3) is 0 Å². The van der Waals surface area contributed by atoms with E-state index < -0.39 is 19.8 Å². The number of rotatable bonds is 12. The highest BCUT2D eigenvalue weighted by Crippen LogP contribution is 2.52. The van der Waals surface area contributed by atoms with E-state index in [1.165, 1.54) is 0 Å². The van der Waals surface area contributed by atoms with Crippen molar-refractivity contribution in [1.82, 2.24) is 4.90 Å². The Bertz CT molecular complexity index is 1180. The summed E-state index contributed by atoms with van der Waals surface area (Å²) in [5, 5.41) is 13.1. The number of nitrogens with zero attached hydrogens (tertiary/aromatic N) is 1. The largest absolute Gasteiger partial charge is 0.417 e. The lowest BCUT2D eigenvalue weighted by atomic mass is 9.66. The summed E-state index contributed by atoms with van der Waals surface area (Å²) < 4.78 is 6.39. The molecule has 0 spiro atoms. The quantitative estimate of drug-likeness (QED) is 0.146. The number of hydrogen-bond acceptors (Lipinski definition) is 3. The predicted molar refractivity (Wildman–Crippen MR) is 175 cm³/mol. The summed E-state index contributed by atoms with van der Waals surface area (Å²) in [6.07, 6.45) is 4.28. The van der Waals surface area contributed by atoms with E-state index in [4.69, 9.17) is 27.6 Å². The van der Waals surface area contributed by atoms with Gasteiger partial charge in [0.1, 0.15) is 0 Å². The molecule has 7 heteroatoms. The van der Waals surface area contributed by atoms with Crippen LogP contribution in [0.15, 0.2) is 61.2 Å². The van der Waals surface area contributed by atoms with Gasteiger partial charge in [-0.05, 0) is 85.6 Å². The van der Waals surface area contributed by atoms with E-state index in [-0.39, 0.29) is 28.9 Å². The minimum Gasteiger partial charge on any atom is -0.417 e. The number of piperidine rings is 1. The Morgan fingerprint density at radius 3 is 2.37 bits per heavy atom. The molecule has 1 fully saturated rings. The maximum Gasteiger partial charge on any atom is 0.229 e. The second kappa shape index (κ2) is 13.8. The van der Waals surface area contributed by atoms with Crippen molar-refractivity contribution in [2.75, 3.05) is 6.61 Å². The molecule has 0 aromatic heterocycles. The Labute approximate surface area is 259 Å². The number of amides is 1. The molecule has 1 aliphatic rings. The Morgan fingerprint density at radius 1 is 1.15 bits per heavy atom. The number of aliphatic hydroxyl groups is 1. The summed E-state index contributed by atoms with van der Waals surface area (Å²) in [5.41, 5.74) is 1.42. The molecule has 0 radical (unpaired) electrons. The van der Waals surface area contributed by atoms with Gasteiger partial charge in [0.05, 0.1) is 23.6 Å². The van der Waals surface area contributed by atoms with E-state index in [0.29, 0.717) is 42.3 Å². The Kier molecular flexibility index (Phi) is 11.4. The van der Waals surface area contributed by atoms with Gasteiger partial charge in [0.2, 0.25) is 5.91 Å². The van der Waals surface area contributed by atoms with E-state index in [2.05, 4.69) is 53.4 Å². The van der Waals surface area contributed by atoms with Gasteiger partial charge in [-0.15, -0.1) is 6.58 Å². The lowest BCUT2D eigenvalue weighted by molar-refractivity contribution is -0.158. The summed E-state index contributed by atoms with van der Waals surface area (Å²) in [6.45, 7) is 19.9. The fraction of sp³-hybridized carbons (Fsp3) is 0.559. The van der Waals surface area contributed by atoms with Crippen LogP contribution in [-0.4, -0.2) is 43.0 Å². The number of allylic oxidation sites excluding steroid dienone is 1. The molecule has 1 heterocycles. The van der Waals surface area contributed by atoms with Crippen LogP contribution in [0.4, 0.5) is 0 Å². The molecule has 0 aliphatic carbocycles. The second-order valence-corrected chi connectivity index (χ2v) is 19.1. The highest BCUT2D eigenvalue weighted by atomic mass is 35.5. The molecule has 226 valence electrons. The first-order valence-electron chi connectivity index (χ1n) is 14.9. The van der Waals surface area contributed by atoms with Crippen LogP contribution in [0.3, 0.4) is 0 Å². The third kappa shape index (κ3) is 7.86. The molecule has 41 heavy (non-hydrogen) atoms. The van der Waals surface area contributed by atoms with Crippen molar-refractivity contribution in [3.63, 3.8) is 0 Å². The lowest BCUT2D eigenvalue weighted by Gasteiger charge is -2.53. The number of aliphatic hydroxyl groups excluding tert-OH is 1. The molecule has 1 aliphatic heterocycles. The van der Waals surface area contributed by atoms with Crippen molar-refractivity contribution in [3.05, 3.63) is 82.4 Å². The third-order valence-electron chi connectivity index (χ3n) is 9.32. The fourth-order valence-corrected chi connectivity index (χ4v) is 7.35. The van der Waals surface area contributed by atoms with Crippen LogP contribution in [0.1, 0.15) is 89.8 Å². The molecular formula is C34H49Cl2NO3Si. The number of carbonyl (C=O) groups excluding carboxylic acids is 1. The second-order valence-electron chi connectivity index (χ2n) is 13.4. The van der Waals surface area contributed by atoms with Gasteiger partial charge in [-0.1, -0.05) is 88.2 Å². The minimum atomic E-state index is -1.87. The highest BCUT2D eigenvalue weighted by molar-refractivity contribution is 6.74. The van der Waals surface area contributed by atoms with Gasteiger partial charge in [-0.3, -0.25) is 4.79 Å². The lowest BCUT2D eigenvalue weighted by Crippen LogP contribution is -2.58. The maximum atomic E-state index is 14.5. The summed E-state index contributed by atoms with van der Waals surface area (Å²) in [4.78, 5) is 16.5. The molecule has 4 nitrogen and oxygen atoms in total. The molecule has 2 aromatic rings. The first-order valence-corrected chi connectivity index (χ1v) is 18.6. The van der Waals surface area contributed by atoms with E-state index in [1.54, 1.807) is 0 Å². The number of carbonyl (C=O) groups is 1. The molecule has 3 rings (SSSR count). The van der Waals surface area contributed by atoms with Crippen LogP contribution >= 0.6 is 23.2 Å². The maximum absolute atomic E-state index is 14.5. The minimum absolute atomic E-state index is 0.0271. The molecule has 1 amide bonds. The molecule has 1 N–H and O–H groups in total. The van der Waals surface area contributed by atoms with Crippen LogP contribution in [0.2, 0.25) is 28.2 Å². The molecule has 5 atom stereocenters. The van der Waals surface area contributed by atoms with Gasteiger partial charge in [-0.25, -0.2) is 0 Å². The van der Waals surface area contributed by atoms with Crippen molar-refractivity contribution in [2.45, 2.75) is 109 Å². The van der Waals surface area contributed by atoms with Gasteiger partial charge in [0, 0.05) is 22.6 Å². The van der Waals surface area contributed by atoms with Crippen molar-refractivity contribution < 1.29 is 14.3 Å². The van der Waals surface area contributed by atoms with Gasteiger partial charge in [-0.2, -0.15) is 0 Å². The van der Waals surface area contributed by atoms with Crippen molar-refractivity contribution >= 4 is 37.4 Å². The van der Waals surface area contributed by atoms with Gasteiger partial charge in [0.15, 0.2) is 8.32 Å². The van der Waals surface area contributed by atoms with Crippen molar-refractivity contribution in [3.8, 4) is 0 Å². The molecule has 2 aromatic carbocycles. The van der Waals surface area contributed by atoms with E-state index >= 15 is 0 Å². The van der Waals surface area contributed by atoms with E-state index in [0.717, 1.165) is 17.5 Å². The molecule has 1 unspecified atom stereocenters. The summed E-state index contributed by atoms with van der Waals surface area (Å²) >= 11 is 12.8. The first-order chi connectivity index (χ1) is 19.1. The topological polar surface area (TPSA) is 49.8 Å². The number of benzene rings is 2. The predicted octanol–water partition coefficient (Wildman–Crippen LogP) is 9.57. The molecule has 0 saturated carbocycles. The zero-order valence-corrected chi connectivity index (χ0v) is 28.4. The zero-order chi connectivity index (χ0) is 30.6. The van der Waals surface area contributed by atoms with Crippen LogP contribution < -0.4 is 0 Å². The molecular weight excluding hydrogens is 569 g/mol. The average molecular weight is 619 g/mol. The monoisotopic (exact) mass is 617 g/mol. The SMILES string of the molecule is C=CC[C@@]1(C)C[C@H](c2cccc(Cl)c2)[C@@H](c2ccc(Cl)cc2)N([C@@H](CC)C(O)CCCO[Si](C)(C)C(C)(C)C)C1=O. The van der Waals surface area contributed by atoms with Crippen molar-refractivity contribution in [1.29, 1.82) is 0 Å². The smallest absolute Gasteiger partial charge is 0.229 e. The van der Waals surface area contributed by atoms with E-state index in [9.17, 15) is 9.90 Å². The fourth-order valence-electron chi connectivity index (χ4n) is 5.94. The standard InChI is InChI=1S/C34H49Cl2NO3Si/c1-9-20-34(6)23-28(25-13-11-14-27(36)22-25)31(24-16-18-26(35)19-17-24)37(32(34)39)29(10-2)30(38)15-12-21-40-41(7,8)33(3,4)5/h9,11,13-14,16-19,22,28-31,38H,1,10,12,15,20-21,23H2,2-8H3/t28-,29+,30?,31-,34+/m1/s1. The van der Waals surface area contributed by atoms with Crippen LogP contribution in [0, 0.1) is 5.41 Å². The highest BCUT2D eigenvalue weighted by Gasteiger charge is 2.51. The average Bonchev–Trinajstić information content (AvgIpc) is 2.89. The van der Waals surface area contributed by atoms with Crippen LogP contribution in [-0.2, 0) is 9.22 Å². The summed E-state index contributed by atoms with van der Waals surface area (Å²) in [7, 11) is -1.87. The van der Waals surface area contributed by atoms with Crippen molar-refractivity contribution in [2.24, 2.45) is 5.41 Å². The Hall–Kier alpha value is -1.63. The zero-order valence-electron chi connectivity index (χ0n) is 25.9. The van der Waals surface area contributed by atoms with E-state index in [1.807, 2.05) is 60.4 Å². The number of likely N-dealkylation sites (tertiary alicyclic amines) is 1. The van der Waals surface area contributed by atoms with Gasteiger partial charge >= 0.3 is 0 Å². The molecule has 1 saturated heterocycles. The van der Waals surface area contributed by atoms with Gasteiger partial charge < -0.3 is 14.4 Å². The summed E-state index contributed by atoms with van der Waals surface area (Å²) in [6, 6.07) is 15.1.